The Labute approximate surface area is 414 Å². The van der Waals surface area contributed by atoms with Crippen molar-refractivity contribution in [2.24, 2.45) is 0 Å². The van der Waals surface area contributed by atoms with E-state index >= 15 is 0 Å². The Hall–Kier alpha value is -7.28. The topological polar surface area (TPSA) is 249 Å². The van der Waals surface area contributed by atoms with Crippen LogP contribution in [0, 0.1) is 36.5 Å². The smallest absolute Gasteiger partial charge is 0.306 e. The molecule has 0 spiro atoms. The molecule has 0 radical (unpaired) electrons. The highest BCUT2D eigenvalue weighted by molar-refractivity contribution is 6.32. The average Bonchev–Trinajstić information content (AvgIpc) is 3.33. The lowest BCUT2D eigenvalue weighted by atomic mass is 9.92. The molecule has 0 saturated carbocycles. The molecule has 2 aromatic heterocycles. The number of aliphatic hydroxyl groups excluding tert-OH is 2. The van der Waals surface area contributed by atoms with E-state index < -0.39 is 37.0 Å². The SMILES string of the molecule is Cc1c(COc2cc(OCc3ccnc(C#N)c3)c(CNCC(O)CC(=O)O)cc2Cl)cccc1-c1cccc(COc2cc(OCc3ccnc(C#N)c3)c(CNCC(O)CC(=O)O)cc2Cl)c1C. The molecule has 0 saturated heterocycles. The zero-order chi connectivity index (χ0) is 50.2. The number of carboxylic acid groups (broad SMARTS) is 2. The first-order valence-corrected chi connectivity index (χ1v) is 22.7. The maximum Gasteiger partial charge on any atom is 0.306 e. The van der Waals surface area contributed by atoms with E-state index in [1.165, 1.54) is 12.4 Å². The molecule has 2 unspecified atom stereocenters. The molecule has 18 heteroatoms. The number of benzene rings is 4. The molecule has 6 rings (SSSR count). The number of aliphatic hydroxyl groups is 2. The molecule has 0 aliphatic carbocycles. The van der Waals surface area contributed by atoms with Gasteiger partial charge in [-0.05, 0) is 94.8 Å². The number of halogens is 2. The van der Waals surface area contributed by atoms with Crippen LogP contribution in [0.4, 0.5) is 0 Å². The third-order valence-corrected chi connectivity index (χ3v) is 11.6. The molecule has 0 amide bonds. The number of nitrogens with zero attached hydrogens (tertiary/aromatic N) is 4. The summed E-state index contributed by atoms with van der Waals surface area (Å²) in [4.78, 5) is 30.1. The number of aliphatic carboxylic acids is 2. The van der Waals surface area contributed by atoms with Gasteiger partial charge in [-0.15, -0.1) is 0 Å². The Morgan fingerprint density at radius 3 is 1.37 bits per heavy atom. The quantitative estimate of drug-likeness (QED) is 0.0318. The number of carbonyl (C=O) groups is 2. The van der Waals surface area contributed by atoms with Crippen molar-refractivity contribution in [3.63, 3.8) is 0 Å². The monoisotopic (exact) mass is 988 g/mol. The molecule has 0 fully saturated rings. The van der Waals surface area contributed by atoms with Gasteiger partial charge >= 0.3 is 11.9 Å². The Balaban J connectivity index is 1.18. The summed E-state index contributed by atoms with van der Waals surface area (Å²) in [6.45, 7) is 5.01. The zero-order valence-electron chi connectivity index (χ0n) is 38.2. The zero-order valence-corrected chi connectivity index (χ0v) is 39.8. The fourth-order valence-electron chi connectivity index (χ4n) is 7.36. The van der Waals surface area contributed by atoms with Crippen molar-refractivity contribution in [3.8, 4) is 46.3 Å². The van der Waals surface area contributed by atoms with Crippen LogP contribution >= 0.6 is 23.2 Å². The number of nitrogens with one attached hydrogen (secondary N) is 2. The van der Waals surface area contributed by atoms with E-state index in [9.17, 15) is 30.3 Å². The predicted octanol–water partition coefficient (Wildman–Crippen LogP) is 7.98. The summed E-state index contributed by atoms with van der Waals surface area (Å²) in [5.74, 6) is -0.654. The van der Waals surface area contributed by atoms with Crippen molar-refractivity contribution in [3.05, 3.63) is 163 Å². The van der Waals surface area contributed by atoms with Crippen LogP contribution in [0.1, 0.15) is 68.7 Å². The predicted molar refractivity (Wildman–Crippen MR) is 259 cm³/mol. The second-order valence-corrected chi connectivity index (χ2v) is 17.0. The molecular formula is C52H50Cl2N6O10. The van der Waals surface area contributed by atoms with E-state index in [2.05, 4.69) is 20.6 Å². The van der Waals surface area contributed by atoms with Crippen LogP contribution in [-0.2, 0) is 49.1 Å². The summed E-state index contributed by atoms with van der Waals surface area (Å²) in [5, 5.41) is 63.7. The minimum atomic E-state index is -1.11. The normalized spacial score (nSPS) is 11.8. The number of nitriles is 2. The number of rotatable bonds is 25. The number of aromatic nitrogens is 2. The first-order valence-electron chi connectivity index (χ1n) is 22.0. The molecule has 0 bridgehead atoms. The van der Waals surface area contributed by atoms with Crippen LogP contribution in [0.2, 0.25) is 10.0 Å². The highest BCUT2D eigenvalue weighted by atomic mass is 35.5. The Morgan fingerprint density at radius 1 is 0.586 bits per heavy atom. The maximum atomic E-state index is 11.1. The number of ether oxygens (including phenoxy) is 4. The maximum absolute atomic E-state index is 11.1. The van der Waals surface area contributed by atoms with E-state index in [0.717, 1.165) is 33.4 Å². The Kier molecular flexibility index (Phi) is 18.9. The highest BCUT2D eigenvalue weighted by Crippen LogP contribution is 2.37. The van der Waals surface area contributed by atoms with E-state index in [-0.39, 0.29) is 64.0 Å². The molecule has 0 aliphatic rings. The molecule has 2 heterocycles. The van der Waals surface area contributed by atoms with Gasteiger partial charge in [0.2, 0.25) is 0 Å². The van der Waals surface area contributed by atoms with Gasteiger partial charge in [0.05, 0.1) is 35.1 Å². The summed E-state index contributed by atoms with van der Waals surface area (Å²) in [6.07, 6.45) is 0.0349. The second-order valence-electron chi connectivity index (χ2n) is 16.2. The van der Waals surface area contributed by atoms with Crippen LogP contribution in [0.3, 0.4) is 0 Å². The lowest BCUT2D eigenvalue weighted by Crippen LogP contribution is -2.28. The largest absolute Gasteiger partial charge is 0.488 e. The van der Waals surface area contributed by atoms with Crippen LogP contribution in [-0.4, -0.2) is 67.6 Å². The second kappa shape index (κ2) is 25.4. The standard InChI is InChI=1S/C52H50Cl2N6O10/c1-31-35(29-69-49-19-47(67-27-33-9-11-59-39(13-33)21-55)37(15-45(49)53)23-57-25-41(61)17-51(63)64)5-3-7-43(31)44-8-4-6-36(32(44)2)30-70-50-20-48(68-28-34-10-12-60-40(14-34)22-56)38(16-46(50)54)24-58-26-42(62)18-52(65)66/h3-16,19-20,41-42,57-58,61-62H,17-18,23-30H2,1-2H3,(H,63,64)(H,65,66). The van der Waals surface area contributed by atoms with E-state index in [1.807, 2.05) is 62.4 Å². The van der Waals surface area contributed by atoms with Crippen LogP contribution in [0.25, 0.3) is 11.1 Å². The summed E-state index contributed by atoms with van der Waals surface area (Å²) in [7, 11) is 0. The van der Waals surface area contributed by atoms with Gasteiger partial charge in [-0.2, -0.15) is 10.5 Å². The van der Waals surface area contributed by atoms with Crippen molar-refractivity contribution in [1.82, 2.24) is 20.6 Å². The molecule has 0 aliphatic heterocycles. The first-order chi connectivity index (χ1) is 33.7. The van der Waals surface area contributed by atoms with Gasteiger partial charge in [-0.1, -0.05) is 59.6 Å². The van der Waals surface area contributed by atoms with E-state index in [4.69, 9.17) is 52.4 Å². The van der Waals surface area contributed by atoms with Crippen molar-refractivity contribution in [1.29, 1.82) is 10.5 Å². The van der Waals surface area contributed by atoms with Crippen molar-refractivity contribution < 1.29 is 49.0 Å². The minimum absolute atomic E-state index is 0.0222. The van der Waals surface area contributed by atoms with Crippen LogP contribution in [0.5, 0.6) is 23.0 Å². The molecule has 2 atom stereocenters. The summed E-state index contributed by atoms with van der Waals surface area (Å²) in [6, 6.07) is 29.4. The summed E-state index contributed by atoms with van der Waals surface area (Å²) in [5.41, 5.74) is 8.89. The Morgan fingerprint density at radius 2 is 0.986 bits per heavy atom. The molecule has 362 valence electrons. The van der Waals surface area contributed by atoms with Crippen LogP contribution in [0.15, 0.2) is 97.3 Å². The minimum Gasteiger partial charge on any atom is -0.488 e. The summed E-state index contributed by atoms with van der Waals surface area (Å²) < 4.78 is 25.1. The van der Waals surface area contributed by atoms with Gasteiger partial charge in [0.15, 0.2) is 0 Å². The molecule has 6 aromatic rings. The average molecular weight is 990 g/mol. The van der Waals surface area contributed by atoms with Gasteiger partial charge in [0.1, 0.15) is 73.0 Å². The van der Waals surface area contributed by atoms with Gasteiger partial charge in [-0.3, -0.25) is 9.59 Å². The summed E-state index contributed by atoms with van der Waals surface area (Å²) >= 11 is 13.6. The molecule has 4 aromatic carbocycles. The fourth-order valence-corrected chi connectivity index (χ4v) is 7.84. The number of hydrogen-bond acceptors (Lipinski definition) is 14. The molecule has 6 N–H and O–H groups in total. The number of hydrogen-bond donors (Lipinski definition) is 6. The third kappa shape index (κ3) is 14.9. The van der Waals surface area contributed by atoms with Gasteiger partial charge in [-0.25, -0.2) is 9.97 Å². The van der Waals surface area contributed by atoms with Crippen molar-refractivity contribution in [2.75, 3.05) is 13.1 Å². The number of carboxylic acids is 2. The Bertz CT molecular complexity index is 2710. The van der Waals surface area contributed by atoms with Gasteiger partial charge in [0, 0.05) is 61.8 Å². The highest BCUT2D eigenvalue weighted by Gasteiger charge is 2.18. The van der Waals surface area contributed by atoms with E-state index in [1.54, 1.807) is 48.5 Å². The lowest BCUT2D eigenvalue weighted by Gasteiger charge is -2.19. The van der Waals surface area contributed by atoms with Crippen molar-refractivity contribution in [2.45, 2.75) is 78.4 Å². The third-order valence-electron chi connectivity index (χ3n) is 11.1. The van der Waals surface area contributed by atoms with Crippen LogP contribution < -0.4 is 29.6 Å². The van der Waals surface area contributed by atoms with Gasteiger partial charge < -0.3 is 50.0 Å². The first kappa shape index (κ1) is 52.1. The van der Waals surface area contributed by atoms with Crippen molar-refractivity contribution >= 4 is 35.1 Å². The molecule has 70 heavy (non-hydrogen) atoms. The van der Waals surface area contributed by atoms with Gasteiger partial charge in [0.25, 0.3) is 0 Å². The van der Waals surface area contributed by atoms with E-state index in [0.29, 0.717) is 55.3 Å². The molecular weight excluding hydrogens is 940 g/mol. The molecule has 16 nitrogen and oxygen atoms in total. The number of pyridine rings is 2. The lowest BCUT2D eigenvalue weighted by molar-refractivity contribution is -0.140. The fraction of sp³-hybridized carbons (Fsp3) is 0.269.